The van der Waals surface area contributed by atoms with E-state index in [4.69, 9.17) is 16.0 Å². The minimum Gasteiger partial charge on any atom is -0.468 e. The SMILES string of the molecule is CN=C(NCCc1ccc(Cl)cc1)NCC(c1ccco1)N1CCCC1. The van der Waals surface area contributed by atoms with E-state index >= 15 is 0 Å². The normalized spacial score (nSPS) is 16.6. The van der Waals surface area contributed by atoms with Crippen LogP contribution < -0.4 is 10.6 Å². The molecule has 6 heteroatoms. The first-order valence-electron chi connectivity index (χ1n) is 9.22. The van der Waals surface area contributed by atoms with E-state index in [9.17, 15) is 0 Å². The third kappa shape index (κ3) is 5.26. The Morgan fingerprint density at radius 1 is 1.19 bits per heavy atom. The largest absolute Gasteiger partial charge is 0.468 e. The third-order valence-corrected chi connectivity index (χ3v) is 5.01. The predicted molar refractivity (Wildman–Crippen MR) is 107 cm³/mol. The summed E-state index contributed by atoms with van der Waals surface area (Å²) in [5.41, 5.74) is 1.25. The number of aliphatic imine (C=N–C) groups is 1. The molecule has 1 aliphatic rings. The van der Waals surface area contributed by atoms with Gasteiger partial charge in [0.05, 0.1) is 12.3 Å². The number of nitrogens with zero attached hydrogens (tertiary/aromatic N) is 2. The zero-order valence-corrected chi connectivity index (χ0v) is 16.0. The fraction of sp³-hybridized carbons (Fsp3) is 0.450. The number of hydrogen-bond acceptors (Lipinski definition) is 3. The van der Waals surface area contributed by atoms with Gasteiger partial charge in [-0.15, -0.1) is 0 Å². The van der Waals surface area contributed by atoms with Gasteiger partial charge in [-0.05, 0) is 62.2 Å². The lowest BCUT2D eigenvalue weighted by atomic mass is 10.1. The second-order valence-corrected chi connectivity index (χ2v) is 6.97. The number of hydrogen-bond donors (Lipinski definition) is 2. The molecule has 0 saturated carbocycles. The molecule has 140 valence electrons. The average Bonchev–Trinajstić information content (AvgIpc) is 3.36. The molecular weight excluding hydrogens is 348 g/mol. The Balaban J connectivity index is 1.49. The number of likely N-dealkylation sites (tertiary alicyclic amines) is 1. The molecule has 2 N–H and O–H groups in total. The van der Waals surface area contributed by atoms with Gasteiger partial charge in [0.2, 0.25) is 0 Å². The number of rotatable bonds is 7. The molecule has 1 fully saturated rings. The summed E-state index contributed by atoms with van der Waals surface area (Å²) in [6.07, 6.45) is 5.18. The van der Waals surface area contributed by atoms with E-state index in [0.717, 1.165) is 49.3 Å². The molecule has 0 radical (unpaired) electrons. The van der Waals surface area contributed by atoms with Crippen molar-refractivity contribution in [3.05, 3.63) is 59.0 Å². The van der Waals surface area contributed by atoms with E-state index in [1.807, 2.05) is 18.2 Å². The van der Waals surface area contributed by atoms with Crippen LogP contribution in [-0.4, -0.2) is 44.1 Å². The molecule has 3 rings (SSSR count). The highest BCUT2D eigenvalue weighted by Crippen LogP contribution is 2.24. The van der Waals surface area contributed by atoms with E-state index in [1.165, 1.54) is 18.4 Å². The van der Waals surface area contributed by atoms with Crippen LogP contribution in [0.3, 0.4) is 0 Å². The van der Waals surface area contributed by atoms with Crippen molar-refractivity contribution < 1.29 is 4.42 Å². The van der Waals surface area contributed by atoms with E-state index in [1.54, 1.807) is 13.3 Å². The molecule has 1 aromatic heterocycles. The molecule has 2 aromatic rings. The molecule has 0 amide bonds. The van der Waals surface area contributed by atoms with Gasteiger partial charge in [0.25, 0.3) is 0 Å². The lowest BCUT2D eigenvalue weighted by molar-refractivity contribution is 0.215. The fourth-order valence-electron chi connectivity index (χ4n) is 3.33. The van der Waals surface area contributed by atoms with Crippen molar-refractivity contribution in [3.8, 4) is 0 Å². The van der Waals surface area contributed by atoms with E-state index < -0.39 is 0 Å². The van der Waals surface area contributed by atoms with Gasteiger partial charge in [-0.25, -0.2) is 0 Å². The number of halogens is 1. The summed E-state index contributed by atoms with van der Waals surface area (Å²) in [5, 5.41) is 7.60. The smallest absolute Gasteiger partial charge is 0.191 e. The van der Waals surface area contributed by atoms with Crippen LogP contribution in [0.2, 0.25) is 5.02 Å². The van der Waals surface area contributed by atoms with Crippen LogP contribution in [0.15, 0.2) is 52.1 Å². The zero-order chi connectivity index (χ0) is 18.2. The topological polar surface area (TPSA) is 52.8 Å². The zero-order valence-electron chi connectivity index (χ0n) is 15.2. The Morgan fingerprint density at radius 3 is 2.62 bits per heavy atom. The Hall–Kier alpha value is -1.98. The first-order valence-corrected chi connectivity index (χ1v) is 9.60. The maximum Gasteiger partial charge on any atom is 0.191 e. The molecule has 0 aliphatic carbocycles. The Kier molecular flexibility index (Phi) is 6.97. The van der Waals surface area contributed by atoms with Crippen molar-refractivity contribution in [2.45, 2.75) is 25.3 Å². The molecule has 5 nitrogen and oxygen atoms in total. The summed E-state index contributed by atoms with van der Waals surface area (Å²) in [5.74, 6) is 1.82. The van der Waals surface area contributed by atoms with E-state index in [2.05, 4.69) is 38.7 Å². The Bertz CT molecular complexity index is 678. The predicted octanol–water partition coefficient (Wildman–Crippen LogP) is 3.48. The lowest BCUT2D eigenvalue weighted by Crippen LogP contribution is -2.43. The fourth-order valence-corrected chi connectivity index (χ4v) is 3.46. The number of guanidine groups is 1. The summed E-state index contributed by atoms with van der Waals surface area (Å²) in [6.45, 7) is 3.83. The summed E-state index contributed by atoms with van der Waals surface area (Å²) >= 11 is 5.93. The van der Waals surface area contributed by atoms with Crippen molar-refractivity contribution in [1.82, 2.24) is 15.5 Å². The monoisotopic (exact) mass is 374 g/mol. The van der Waals surface area contributed by atoms with Crippen LogP contribution in [0.5, 0.6) is 0 Å². The maximum absolute atomic E-state index is 5.93. The van der Waals surface area contributed by atoms with Crippen LogP contribution in [0, 0.1) is 0 Å². The molecular formula is C20H27ClN4O. The van der Waals surface area contributed by atoms with E-state index in [-0.39, 0.29) is 6.04 Å². The van der Waals surface area contributed by atoms with Gasteiger partial charge in [-0.3, -0.25) is 9.89 Å². The van der Waals surface area contributed by atoms with Crippen molar-refractivity contribution >= 4 is 17.6 Å². The van der Waals surface area contributed by atoms with Crippen molar-refractivity contribution in [3.63, 3.8) is 0 Å². The van der Waals surface area contributed by atoms with Gasteiger partial charge >= 0.3 is 0 Å². The first-order chi connectivity index (χ1) is 12.8. The minimum atomic E-state index is 0.238. The number of furan rings is 1. The lowest BCUT2D eigenvalue weighted by Gasteiger charge is -2.26. The quantitative estimate of drug-likeness (QED) is 0.575. The summed E-state index contributed by atoms with van der Waals surface area (Å²) in [7, 11) is 1.80. The summed E-state index contributed by atoms with van der Waals surface area (Å²) in [6, 6.07) is 12.2. The minimum absolute atomic E-state index is 0.238. The summed E-state index contributed by atoms with van der Waals surface area (Å²) in [4.78, 5) is 6.82. The maximum atomic E-state index is 5.93. The number of benzene rings is 1. The van der Waals surface area contributed by atoms with Gasteiger partial charge in [0.1, 0.15) is 5.76 Å². The van der Waals surface area contributed by atoms with Crippen LogP contribution in [0.25, 0.3) is 0 Å². The van der Waals surface area contributed by atoms with Crippen molar-refractivity contribution in [2.75, 3.05) is 33.2 Å². The summed E-state index contributed by atoms with van der Waals surface area (Å²) < 4.78 is 5.67. The van der Waals surface area contributed by atoms with Gasteiger partial charge in [0, 0.05) is 25.2 Å². The van der Waals surface area contributed by atoms with Gasteiger partial charge in [-0.1, -0.05) is 23.7 Å². The molecule has 0 spiro atoms. The first kappa shape index (κ1) is 18.8. The highest BCUT2D eigenvalue weighted by atomic mass is 35.5. The highest BCUT2D eigenvalue weighted by Gasteiger charge is 2.25. The number of nitrogens with one attached hydrogen (secondary N) is 2. The molecule has 26 heavy (non-hydrogen) atoms. The van der Waals surface area contributed by atoms with Crippen molar-refractivity contribution in [2.24, 2.45) is 4.99 Å². The van der Waals surface area contributed by atoms with Crippen LogP contribution >= 0.6 is 11.6 Å². The second kappa shape index (κ2) is 9.64. The molecule has 1 aliphatic heterocycles. The molecule has 1 atom stereocenters. The Labute approximate surface area is 160 Å². The molecule has 1 saturated heterocycles. The molecule has 0 bridgehead atoms. The van der Waals surface area contributed by atoms with Crippen LogP contribution in [-0.2, 0) is 6.42 Å². The van der Waals surface area contributed by atoms with Crippen LogP contribution in [0.1, 0.15) is 30.2 Å². The third-order valence-electron chi connectivity index (χ3n) is 4.76. The van der Waals surface area contributed by atoms with Gasteiger partial charge < -0.3 is 15.1 Å². The second-order valence-electron chi connectivity index (χ2n) is 6.53. The molecule has 1 unspecified atom stereocenters. The van der Waals surface area contributed by atoms with Crippen molar-refractivity contribution in [1.29, 1.82) is 0 Å². The molecule has 1 aromatic carbocycles. The standard InChI is InChI=1S/C20H27ClN4O/c1-22-20(23-11-10-16-6-8-17(21)9-7-16)24-15-18(19-5-4-14-26-19)25-12-2-3-13-25/h4-9,14,18H,2-3,10-13,15H2,1H3,(H2,22,23,24). The van der Waals surface area contributed by atoms with Gasteiger partial charge in [0.15, 0.2) is 5.96 Å². The van der Waals surface area contributed by atoms with E-state index in [0.29, 0.717) is 0 Å². The Morgan fingerprint density at radius 2 is 1.96 bits per heavy atom. The molecule has 2 heterocycles. The van der Waals surface area contributed by atoms with Crippen LogP contribution in [0.4, 0.5) is 0 Å². The highest BCUT2D eigenvalue weighted by molar-refractivity contribution is 6.30. The average molecular weight is 375 g/mol. The van der Waals surface area contributed by atoms with Gasteiger partial charge in [-0.2, -0.15) is 0 Å².